The van der Waals surface area contributed by atoms with Crippen LogP contribution in [0.15, 0.2) is 22.1 Å². The molecule has 2 aromatic heterocycles. The number of pyridine rings is 1. The first kappa shape index (κ1) is 7.30. The van der Waals surface area contributed by atoms with Crippen LogP contribution in [0.25, 0.3) is 11.0 Å². The van der Waals surface area contributed by atoms with Crippen molar-refractivity contribution in [3.63, 3.8) is 0 Å². The molecule has 59 valence electrons. The first-order valence-electron chi connectivity index (χ1n) is 3.22. The van der Waals surface area contributed by atoms with Gasteiger partial charge >= 0.3 is 5.69 Å². The third kappa shape index (κ3) is 1.18. The van der Waals surface area contributed by atoms with Gasteiger partial charge in [-0.25, -0.2) is 14.8 Å². The number of rotatable bonds is 0. The highest BCUT2D eigenvalue weighted by Crippen LogP contribution is 2.07. The van der Waals surface area contributed by atoms with Crippen molar-refractivity contribution >= 4 is 23.7 Å². The minimum atomic E-state index is -0.408. The molecule has 2 rings (SSSR count). The second kappa shape index (κ2) is 2.60. The van der Waals surface area contributed by atoms with E-state index in [1.165, 1.54) is 6.20 Å². The lowest BCUT2D eigenvalue weighted by Crippen LogP contribution is -2.09. The van der Waals surface area contributed by atoms with Crippen molar-refractivity contribution in [1.29, 1.82) is 0 Å². The van der Waals surface area contributed by atoms with E-state index >= 15 is 0 Å². The van der Waals surface area contributed by atoms with Crippen LogP contribution in [-0.4, -0.2) is 15.0 Å². The number of aromatic nitrogens is 3. The minimum Gasteiger partial charge on any atom is -0.290 e. The highest BCUT2D eigenvalue weighted by Gasteiger charge is 1.96. The van der Waals surface area contributed by atoms with E-state index in [2.05, 4.69) is 33.6 Å². The summed E-state index contributed by atoms with van der Waals surface area (Å²) in [5.74, 6) is 0. The summed E-state index contributed by atoms with van der Waals surface area (Å²) in [6.07, 6.45) is 1.45. The zero-order valence-electron chi connectivity index (χ0n) is 5.90. The summed E-state index contributed by atoms with van der Waals surface area (Å²) in [7, 11) is 0. The van der Waals surface area contributed by atoms with Crippen molar-refractivity contribution in [1.82, 2.24) is 15.0 Å². The molecule has 4 nitrogen and oxygen atoms in total. The van der Waals surface area contributed by atoms with Crippen LogP contribution >= 0.6 is 12.6 Å². The minimum absolute atomic E-state index is 0.408. The number of hydrogen-bond acceptors (Lipinski definition) is 4. The number of thiol groups is 1. The molecule has 0 spiro atoms. The maximum Gasteiger partial charge on any atom is 0.346 e. The summed E-state index contributed by atoms with van der Waals surface area (Å²) in [5.41, 5.74) is 0.0766. The first-order valence-corrected chi connectivity index (χ1v) is 3.67. The third-order valence-electron chi connectivity index (χ3n) is 1.39. The van der Waals surface area contributed by atoms with Crippen molar-refractivity contribution in [2.75, 3.05) is 0 Å². The molecule has 0 aliphatic heterocycles. The number of aromatic amines is 1. The quantitative estimate of drug-likeness (QED) is 0.574. The lowest BCUT2D eigenvalue weighted by molar-refractivity contribution is 1.06. The Bertz CT molecular complexity index is 479. The fraction of sp³-hybridized carbons (Fsp3) is 0. The van der Waals surface area contributed by atoms with E-state index in [9.17, 15) is 4.79 Å². The lowest BCUT2D eigenvalue weighted by Gasteiger charge is -1.94. The van der Waals surface area contributed by atoms with Crippen molar-refractivity contribution in [3.05, 3.63) is 28.8 Å². The molecule has 0 atom stereocenters. The second-order valence-corrected chi connectivity index (χ2v) is 2.64. The molecule has 0 aliphatic rings. The van der Waals surface area contributed by atoms with Crippen LogP contribution < -0.4 is 5.69 Å². The Kier molecular flexibility index (Phi) is 1.58. The molecule has 0 bridgehead atoms. The number of fused-ring (bicyclic) bond motifs is 1. The zero-order valence-corrected chi connectivity index (χ0v) is 6.80. The number of H-pyrrole nitrogens is 1. The van der Waals surface area contributed by atoms with Gasteiger partial charge in [0.1, 0.15) is 10.7 Å². The summed E-state index contributed by atoms with van der Waals surface area (Å²) in [5, 5.41) is 1.19. The topological polar surface area (TPSA) is 58.6 Å². The van der Waals surface area contributed by atoms with Crippen LogP contribution in [0, 0.1) is 6.07 Å². The van der Waals surface area contributed by atoms with Gasteiger partial charge in [-0.1, -0.05) is 0 Å². The average molecular weight is 178 g/mol. The number of nitrogens with one attached hydrogen (secondary N) is 1. The smallest absolute Gasteiger partial charge is 0.290 e. The summed E-state index contributed by atoms with van der Waals surface area (Å²) in [6, 6.07) is 4.46. The van der Waals surface area contributed by atoms with E-state index in [0.717, 1.165) is 5.39 Å². The van der Waals surface area contributed by atoms with Gasteiger partial charge in [0.25, 0.3) is 0 Å². The SMILES string of the molecule is O=c1ncc2c[c]c(S)nc2[nH]1. The molecule has 2 aromatic rings. The molecule has 1 radical (unpaired) electrons. The second-order valence-electron chi connectivity index (χ2n) is 2.22. The van der Waals surface area contributed by atoms with E-state index in [-0.39, 0.29) is 0 Å². The van der Waals surface area contributed by atoms with Gasteiger partial charge in [0.15, 0.2) is 0 Å². The molecule has 0 amide bonds. The van der Waals surface area contributed by atoms with Gasteiger partial charge in [-0.15, -0.1) is 12.6 Å². The van der Waals surface area contributed by atoms with Crippen molar-refractivity contribution in [2.24, 2.45) is 0 Å². The Morgan fingerprint density at radius 2 is 2.42 bits per heavy atom. The highest BCUT2D eigenvalue weighted by atomic mass is 32.1. The summed E-state index contributed by atoms with van der Waals surface area (Å²) in [4.78, 5) is 20.7. The van der Waals surface area contributed by atoms with E-state index in [1.807, 2.05) is 0 Å². The Morgan fingerprint density at radius 1 is 1.58 bits per heavy atom. The van der Waals surface area contributed by atoms with Crippen LogP contribution in [0.1, 0.15) is 0 Å². The average Bonchev–Trinajstić information content (AvgIpc) is 2.03. The molecule has 0 aromatic carbocycles. The Hall–Kier alpha value is -1.36. The maximum atomic E-state index is 10.8. The van der Waals surface area contributed by atoms with Crippen molar-refractivity contribution < 1.29 is 0 Å². The van der Waals surface area contributed by atoms with Gasteiger partial charge < -0.3 is 0 Å². The van der Waals surface area contributed by atoms with Crippen LogP contribution in [-0.2, 0) is 0 Å². The van der Waals surface area contributed by atoms with Crippen LogP contribution in [0.2, 0.25) is 0 Å². The number of nitrogens with zero attached hydrogens (tertiary/aromatic N) is 2. The fourth-order valence-corrected chi connectivity index (χ4v) is 1.04. The zero-order chi connectivity index (χ0) is 8.55. The van der Waals surface area contributed by atoms with Crippen molar-refractivity contribution in [3.8, 4) is 0 Å². The van der Waals surface area contributed by atoms with Crippen LogP contribution in [0.4, 0.5) is 0 Å². The van der Waals surface area contributed by atoms with Gasteiger partial charge in [-0.05, 0) is 6.07 Å². The van der Waals surface area contributed by atoms with Crippen molar-refractivity contribution in [2.45, 2.75) is 5.03 Å². The predicted octanol–water partition coefficient (Wildman–Crippen LogP) is 0.407. The Labute approximate surface area is 73.1 Å². The maximum absolute atomic E-state index is 10.8. The Morgan fingerprint density at radius 3 is 3.25 bits per heavy atom. The monoisotopic (exact) mass is 178 g/mol. The third-order valence-corrected chi connectivity index (χ3v) is 1.62. The summed E-state index contributed by atoms with van der Waals surface area (Å²) < 4.78 is 0. The molecule has 0 unspecified atom stereocenters. The van der Waals surface area contributed by atoms with Gasteiger partial charge in [0.05, 0.1) is 0 Å². The van der Waals surface area contributed by atoms with Crippen LogP contribution in [0.3, 0.4) is 0 Å². The molecule has 0 saturated heterocycles. The molecule has 0 aliphatic carbocycles. The lowest BCUT2D eigenvalue weighted by atomic mass is 10.3. The fourth-order valence-electron chi connectivity index (χ4n) is 0.874. The largest absolute Gasteiger partial charge is 0.346 e. The van der Waals surface area contributed by atoms with Crippen LogP contribution in [0.5, 0.6) is 0 Å². The molecule has 2 heterocycles. The molecule has 12 heavy (non-hydrogen) atoms. The van der Waals surface area contributed by atoms with Gasteiger partial charge in [0.2, 0.25) is 0 Å². The molecular weight excluding hydrogens is 174 g/mol. The molecule has 0 saturated carbocycles. The van der Waals surface area contributed by atoms with E-state index in [1.54, 1.807) is 6.07 Å². The standard InChI is InChI=1S/C7H4N3OS/c11-7-8-3-4-1-2-5(12)9-6(4)10-7/h1,3H,(H2,8,9,10,11,12). The van der Waals surface area contributed by atoms with Gasteiger partial charge in [-0.2, -0.15) is 0 Å². The number of hydrogen-bond donors (Lipinski definition) is 2. The van der Waals surface area contributed by atoms with E-state index in [0.29, 0.717) is 10.7 Å². The molecular formula is C7H4N3OS. The first-order chi connectivity index (χ1) is 5.75. The predicted molar refractivity (Wildman–Crippen MR) is 46.2 cm³/mol. The van der Waals surface area contributed by atoms with E-state index < -0.39 is 5.69 Å². The molecule has 5 heteroatoms. The van der Waals surface area contributed by atoms with Gasteiger partial charge in [-0.3, -0.25) is 4.98 Å². The molecule has 1 N–H and O–H groups in total. The molecule has 0 fully saturated rings. The highest BCUT2D eigenvalue weighted by molar-refractivity contribution is 7.80. The van der Waals surface area contributed by atoms with E-state index in [4.69, 9.17) is 0 Å². The van der Waals surface area contributed by atoms with Gasteiger partial charge in [0, 0.05) is 17.6 Å². The normalized spacial score (nSPS) is 10.4. The summed E-state index contributed by atoms with van der Waals surface area (Å²) >= 11 is 3.99. The Balaban J connectivity index is 2.89. The summed E-state index contributed by atoms with van der Waals surface area (Å²) in [6.45, 7) is 0.